The van der Waals surface area contributed by atoms with Gasteiger partial charge in [0, 0.05) is 6.08 Å². The van der Waals surface area contributed by atoms with E-state index in [0.717, 1.165) is 70.3 Å². The highest BCUT2D eigenvalue weighted by atomic mass is 16.4. The molecule has 3 N–H and O–H groups in total. The van der Waals surface area contributed by atoms with E-state index >= 15 is 0 Å². The molecule has 4 heteroatoms. The van der Waals surface area contributed by atoms with Crippen molar-refractivity contribution in [2.75, 3.05) is 0 Å². The van der Waals surface area contributed by atoms with Crippen LogP contribution in [0.4, 0.5) is 0 Å². The number of allylic oxidation sites excluding steroid dienone is 5. The number of hydrogen-bond donors (Lipinski definition) is 3. The number of unbranched alkanes of at least 4 members (excludes halogenated alkanes) is 4. The van der Waals surface area contributed by atoms with Crippen LogP contribution in [0.1, 0.15) is 71.1 Å². The molecule has 0 radical (unpaired) electrons. The lowest BCUT2D eigenvalue weighted by atomic mass is 10.0. The van der Waals surface area contributed by atoms with Crippen molar-refractivity contribution in [1.29, 1.82) is 0 Å². The van der Waals surface area contributed by atoms with Gasteiger partial charge >= 0.3 is 5.97 Å². The number of carbonyl (C=O) groups is 1. The first-order valence-corrected chi connectivity index (χ1v) is 9.15. The van der Waals surface area contributed by atoms with Gasteiger partial charge in [0.25, 0.3) is 0 Å². The number of rotatable bonds is 15. The zero-order chi connectivity index (χ0) is 18.0. The van der Waals surface area contributed by atoms with E-state index < -0.39 is 5.97 Å². The lowest BCUT2D eigenvalue weighted by molar-refractivity contribution is -0.131. The summed E-state index contributed by atoms with van der Waals surface area (Å²) in [7, 11) is 0. The molecule has 0 amide bonds. The maximum atomic E-state index is 10.2. The van der Waals surface area contributed by atoms with Crippen molar-refractivity contribution in [1.82, 2.24) is 0 Å². The van der Waals surface area contributed by atoms with Gasteiger partial charge in [-0.05, 0) is 38.5 Å². The van der Waals surface area contributed by atoms with E-state index in [0.29, 0.717) is 0 Å². The molecule has 0 aliphatic carbocycles. The minimum atomic E-state index is -0.948. The number of carboxylic acid groups (broad SMARTS) is 1. The fourth-order valence-corrected chi connectivity index (χ4v) is 2.37. The van der Waals surface area contributed by atoms with Crippen LogP contribution in [0, 0.1) is 0 Å². The molecule has 0 heterocycles. The van der Waals surface area contributed by atoms with Crippen LogP contribution in [0.2, 0.25) is 0 Å². The van der Waals surface area contributed by atoms with Crippen LogP contribution in [0.25, 0.3) is 0 Å². The van der Waals surface area contributed by atoms with Gasteiger partial charge in [-0.25, -0.2) is 4.79 Å². The number of carboxylic acids is 1. The summed E-state index contributed by atoms with van der Waals surface area (Å²) in [5.41, 5.74) is 0. The van der Waals surface area contributed by atoms with Crippen LogP contribution in [0.15, 0.2) is 36.5 Å². The van der Waals surface area contributed by atoms with Gasteiger partial charge in [-0.3, -0.25) is 0 Å². The van der Waals surface area contributed by atoms with Gasteiger partial charge < -0.3 is 15.3 Å². The molecule has 138 valence electrons. The summed E-state index contributed by atoms with van der Waals surface area (Å²) in [6.45, 7) is 2.00. The van der Waals surface area contributed by atoms with Crippen molar-refractivity contribution in [2.24, 2.45) is 0 Å². The Morgan fingerprint density at radius 1 is 0.833 bits per heavy atom. The molecule has 0 aromatic heterocycles. The first kappa shape index (κ1) is 22.6. The van der Waals surface area contributed by atoms with Crippen LogP contribution in [0.5, 0.6) is 0 Å². The molecule has 4 nitrogen and oxygen atoms in total. The SMILES string of the molecule is CCC(O)CCCCCC[C@@H](O)CCC/C=C/C=C/C=C/C(=O)O. The fourth-order valence-electron chi connectivity index (χ4n) is 2.37. The van der Waals surface area contributed by atoms with Crippen LogP contribution >= 0.6 is 0 Å². The van der Waals surface area contributed by atoms with Crippen molar-refractivity contribution >= 4 is 5.97 Å². The van der Waals surface area contributed by atoms with Crippen LogP contribution in [-0.2, 0) is 4.79 Å². The standard InChI is InChI=1S/C20H34O4/c1-2-18(21)14-10-8-9-12-16-19(22)15-11-6-4-3-5-7-13-17-20(23)24/h3-5,7,13,17-19,21-22H,2,6,8-12,14-16H2,1H3,(H,23,24)/b4-3+,7-5+,17-13+/t18?,19-/m0/s1. The maximum absolute atomic E-state index is 10.2. The first-order valence-electron chi connectivity index (χ1n) is 9.15. The lowest BCUT2D eigenvalue weighted by Gasteiger charge is -2.10. The van der Waals surface area contributed by atoms with Crippen molar-refractivity contribution in [3.05, 3.63) is 36.5 Å². The second-order valence-corrected chi connectivity index (χ2v) is 6.15. The smallest absolute Gasteiger partial charge is 0.328 e. The van der Waals surface area contributed by atoms with E-state index in [1.807, 2.05) is 19.1 Å². The van der Waals surface area contributed by atoms with Gasteiger partial charge in [0.05, 0.1) is 12.2 Å². The van der Waals surface area contributed by atoms with E-state index in [4.69, 9.17) is 5.11 Å². The predicted octanol–water partition coefficient (Wildman–Crippen LogP) is 4.38. The third-order valence-electron chi connectivity index (χ3n) is 3.91. The summed E-state index contributed by atoms with van der Waals surface area (Å²) >= 11 is 0. The van der Waals surface area contributed by atoms with Crippen molar-refractivity contribution in [3.63, 3.8) is 0 Å². The summed E-state index contributed by atoms with van der Waals surface area (Å²) < 4.78 is 0. The Morgan fingerprint density at radius 3 is 2.04 bits per heavy atom. The van der Waals surface area contributed by atoms with Gasteiger partial charge in [0.15, 0.2) is 0 Å². The summed E-state index contributed by atoms with van der Waals surface area (Å²) in [5.74, 6) is -0.948. The molecule has 2 atom stereocenters. The third-order valence-corrected chi connectivity index (χ3v) is 3.91. The van der Waals surface area contributed by atoms with Crippen molar-refractivity contribution in [2.45, 2.75) is 83.3 Å². The van der Waals surface area contributed by atoms with Crippen LogP contribution in [-0.4, -0.2) is 33.5 Å². The summed E-state index contributed by atoms with van der Waals surface area (Å²) in [4.78, 5) is 10.2. The van der Waals surface area contributed by atoms with Crippen LogP contribution in [0.3, 0.4) is 0 Å². The topological polar surface area (TPSA) is 77.8 Å². The third kappa shape index (κ3) is 17.0. The largest absolute Gasteiger partial charge is 0.478 e. The molecule has 0 aromatic rings. The highest BCUT2D eigenvalue weighted by Crippen LogP contribution is 2.13. The molecule has 0 saturated carbocycles. The number of aliphatic hydroxyl groups excluding tert-OH is 2. The number of aliphatic carboxylic acids is 1. The number of aliphatic hydroxyl groups is 2. The maximum Gasteiger partial charge on any atom is 0.328 e. The second-order valence-electron chi connectivity index (χ2n) is 6.15. The van der Waals surface area contributed by atoms with Crippen LogP contribution < -0.4 is 0 Å². The molecular weight excluding hydrogens is 304 g/mol. The molecule has 0 aromatic carbocycles. The first-order chi connectivity index (χ1) is 11.6. The Morgan fingerprint density at radius 2 is 1.42 bits per heavy atom. The Labute approximate surface area is 146 Å². The molecule has 0 aliphatic rings. The Bertz CT molecular complexity index is 385. The predicted molar refractivity (Wildman–Crippen MR) is 98.9 cm³/mol. The minimum absolute atomic E-state index is 0.147. The van der Waals surface area contributed by atoms with Crippen molar-refractivity contribution < 1.29 is 20.1 Å². The molecule has 0 aliphatic heterocycles. The lowest BCUT2D eigenvalue weighted by Crippen LogP contribution is -2.06. The van der Waals surface area contributed by atoms with E-state index in [2.05, 4.69) is 0 Å². The number of hydrogen-bond acceptors (Lipinski definition) is 3. The van der Waals surface area contributed by atoms with E-state index in [1.54, 1.807) is 12.2 Å². The van der Waals surface area contributed by atoms with Crippen molar-refractivity contribution in [3.8, 4) is 0 Å². The van der Waals surface area contributed by atoms with Gasteiger partial charge in [-0.15, -0.1) is 0 Å². The molecule has 24 heavy (non-hydrogen) atoms. The summed E-state index contributed by atoms with van der Waals surface area (Å²) in [6.07, 6.45) is 19.3. The summed E-state index contributed by atoms with van der Waals surface area (Å²) in [5, 5.41) is 27.8. The van der Waals surface area contributed by atoms with E-state index in [1.165, 1.54) is 6.08 Å². The average Bonchev–Trinajstić information content (AvgIpc) is 2.55. The van der Waals surface area contributed by atoms with E-state index in [-0.39, 0.29) is 12.2 Å². The average molecular weight is 338 g/mol. The molecule has 0 bridgehead atoms. The second kappa shape index (κ2) is 16.5. The van der Waals surface area contributed by atoms with Gasteiger partial charge in [-0.2, -0.15) is 0 Å². The molecule has 0 rings (SSSR count). The molecule has 0 fully saturated rings. The summed E-state index contributed by atoms with van der Waals surface area (Å²) in [6, 6.07) is 0. The monoisotopic (exact) mass is 338 g/mol. The zero-order valence-corrected chi connectivity index (χ0v) is 14.9. The fraction of sp³-hybridized carbons (Fsp3) is 0.650. The van der Waals surface area contributed by atoms with E-state index in [9.17, 15) is 15.0 Å². The normalized spacial score (nSPS) is 14.8. The molecule has 1 unspecified atom stereocenters. The quantitative estimate of drug-likeness (QED) is 0.235. The highest BCUT2D eigenvalue weighted by molar-refractivity contribution is 5.80. The van der Waals surface area contributed by atoms with Gasteiger partial charge in [0.2, 0.25) is 0 Å². The Hall–Kier alpha value is -1.39. The van der Waals surface area contributed by atoms with Gasteiger partial charge in [0.1, 0.15) is 0 Å². The zero-order valence-electron chi connectivity index (χ0n) is 14.9. The Kier molecular flexibility index (Phi) is 15.5. The minimum Gasteiger partial charge on any atom is -0.478 e. The Balaban J connectivity index is 3.46. The molecule has 0 spiro atoms. The molecular formula is C20H34O4. The highest BCUT2D eigenvalue weighted by Gasteiger charge is 2.04. The van der Waals surface area contributed by atoms with Gasteiger partial charge in [-0.1, -0.05) is 63.0 Å². The molecule has 0 saturated heterocycles.